The minimum absolute atomic E-state index is 0.0831. The molecule has 27 heavy (non-hydrogen) atoms. The van der Waals surface area contributed by atoms with Crippen molar-refractivity contribution in [1.29, 1.82) is 0 Å². The Balaban J connectivity index is 1.36. The molecule has 2 fully saturated rings. The van der Waals surface area contributed by atoms with Gasteiger partial charge in [-0.25, -0.2) is 4.79 Å². The van der Waals surface area contributed by atoms with Crippen molar-refractivity contribution >= 4 is 6.03 Å². The molecule has 150 valence electrons. The number of likely N-dealkylation sites (N-methyl/N-ethyl adjacent to an activating group) is 1. The van der Waals surface area contributed by atoms with E-state index < -0.39 is 0 Å². The summed E-state index contributed by atoms with van der Waals surface area (Å²) in [4.78, 5) is 19.7. The van der Waals surface area contributed by atoms with E-state index in [4.69, 9.17) is 0 Å². The van der Waals surface area contributed by atoms with Crippen LogP contribution < -0.4 is 5.32 Å². The number of carbonyl (C=O) groups excluding carboxylic acids is 1. The molecule has 2 aliphatic rings. The molecule has 0 aromatic heterocycles. The van der Waals surface area contributed by atoms with Gasteiger partial charge in [-0.2, -0.15) is 0 Å². The average molecular weight is 373 g/mol. The Bertz CT molecular complexity index is 596. The number of nitrogens with one attached hydrogen (secondary N) is 1. The molecule has 2 saturated heterocycles. The van der Waals surface area contributed by atoms with E-state index in [1.807, 2.05) is 11.0 Å². The third-order valence-corrected chi connectivity index (χ3v) is 6.10. The highest BCUT2D eigenvalue weighted by atomic mass is 16.2. The standard InChI is InChI=1S/C22H36N4O/c1-4-24-14-16-25(17-15-24)13-9-8-12-23-21(27)26-18-22(2,3)20(26)19-10-6-5-7-11-19/h5-7,10-11,20H,4,8-9,12-18H2,1-3H3,(H,23,27)/t20-/m1/s1. The van der Waals surface area contributed by atoms with Gasteiger partial charge in [0.1, 0.15) is 0 Å². The van der Waals surface area contributed by atoms with Crippen molar-refractivity contribution in [3.63, 3.8) is 0 Å². The van der Waals surface area contributed by atoms with Gasteiger partial charge in [0, 0.05) is 44.7 Å². The van der Waals surface area contributed by atoms with Crippen molar-refractivity contribution in [2.45, 2.75) is 39.7 Å². The molecule has 1 aromatic carbocycles. The van der Waals surface area contributed by atoms with Gasteiger partial charge in [0.05, 0.1) is 6.04 Å². The first-order valence-corrected chi connectivity index (χ1v) is 10.6. The van der Waals surface area contributed by atoms with Gasteiger partial charge >= 0.3 is 6.03 Å². The second kappa shape index (κ2) is 9.07. The fourth-order valence-corrected chi connectivity index (χ4v) is 4.47. The summed E-state index contributed by atoms with van der Waals surface area (Å²) in [5.74, 6) is 0. The normalized spacial score (nSPS) is 23.1. The molecule has 1 atom stereocenters. The molecule has 3 rings (SSSR count). The van der Waals surface area contributed by atoms with Crippen molar-refractivity contribution in [2.24, 2.45) is 5.41 Å². The second-order valence-corrected chi connectivity index (χ2v) is 8.64. The van der Waals surface area contributed by atoms with E-state index in [1.54, 1.807) is 0 Å². The Labute approximate surface area is 164 Å². The van der Waals surface area contributed by atoms with Gasteiger partial charge in [0.2, 0.25) is 0 Å². The van der Waals surface area contributed by atoms with E-state index in [-0.39, 0.29) is 17.5 Å². The van der Waals surface area contributed by atoms with Crippen LogP contribution in [0.4, 0.5) is 4.79 Å². The zero-order valence-electron chi connectivity index (χ0n) is 17.3. The molecule has 0 saturated carbocycles. The van der Waals surface area contributed by atoms with Crippen LogP contribution in [0.5, 0.6) is 0 Å². The molecule has 2 heterocycles. The lowest BCUT2D eigenvalue weighted by atomic mass is 9.72. The fraction of sp³-hybridized carbons (Fsp3) is 0.682. The zero-order valence-corrected chi connectivity index (χ0v) is 17.3. The molecule has 2 amide bonds. The van der Waals surface area contributed by atoms with Gasteiger partial charge in [0.15, 0.2) is 0 Å². The predicted octanol–water partition coefficient (Wildman–Crippen LogP) is 3.20. The molecule has 0 bridgehead atoms. The van der Waals surface area contributed by atoms with Crippen LogP contribution in [0, 0.1) is 5.41 Å². The number of unbranched alkanes of at least 4 members (excludes halogenated alkanes) is 1. The molecule has 1 aromatic rings. The van der Waals surface area contributed by atoms with Crippen molar-refractivity contribution in [1.82, 2.24) is 20.0 Å². The minimum Gasteiger partial charge on any atom is -0.338 e. The molecule has 5 heteroatoms. The van der Waals surface area contributed by atoms with E-state index in [2.05, 4.69) is 60.2 Å². The van der Waals surface area contributed by atoms with Gasteiger partial charge in [0.25, 0.3) is 0 Å². The van der Waals surface area contributed by atoms with Crippen LogP contribution in [-0.2, 0) is 0 Å². The molecule has 0 aliphatic carbocycles. The Kier molecular flexibility index (Phi) is 6.77. The molecular weight excluding hydrogens is 336 g/mol. The summed E-state index contributed by atoms with van der Waals surface area (Å²) in [6.45, 7) is 15.4. The quantitative estimate of drug-likeness (QED) is 0.747. The Morgan fingerprint density at radius 3 is 2.37 bits per heavy atom. The Morgan fingerprint density at radius 2 is 1.74 bits per heavy atom. The zero-order chi connectivity index (χ0) is 19.3. The van der Waals surface area contributed by atoms with Crippen LogP contribution in [0.2, 0.25) is 0 Å². The maximum Gasteiger partial charge on any atom is 0.317 e. The SMILES string of the molecule is CCN1CCN(CCCCNC(=O)N2CC(C)(C)[C@H]2c2ccccc2)CC1. The van der Waals surface area contributed by atoms with Gasteiger partial charge in [-0.15, -0.1) is 0 Å². The number of likely N-dealkylation sites (tertiary alicyclic amines) is 1. The van der Waals surface area contributed by atoms with Crippen molar-refractivity contribution in [2.75, 3.05) is 52.4 Å². The van der Waals surface area contributed by atoms with Gasteiger partial charge in [-0.3, -0.25) is 0 Å². The van der Waals surface area contributed by atoms with E-state index in [1.165, 1.54) is 31.7 Å². The molecule has 0 unspecified atom stereocenters. The fourth-order valence-electron chi connectivity index (χ4n) is 4.47. The maximum atomic E-state index is 12.6. The topological polar surface area (TPSA) is 38.8 Å². The molecule has 2 aliphatic heterocycles. The van der Waals surface area contributed by atoms with E-state index in [0.29, 0.717) is 0 Å². The number of hydrogen-bond donors (Lipinski definition) is 1. The molecular formula is C22H36N4O. The van der Waals surface area contributed by atoms with Gasteiger partial charge < -0.3 is 20.0 Å². The van der Waals surface area contributed by atoms with Crippen LogP contribution in [0.3, 0.4) is 0 Å². The molecule has 0 radical (unpaired) electrons. The van der Waals surface area contributed by atoms with Crippen LogP contribution in [-0.4, -0.2) is 73.1 Å². The lowest BCUT2D eigenvalue weighted by Gasteiger charge is -2.54. The highest BCUT2D eigenvalue weighted by Gasteiger charge is 2.48. The van der Waals surface area contributed by atoms with Crippen molar-refractivity contribution in [3.05, 3.63) is 35.9 Å². The number of carbonyl (C=O) groups is 1. The lowest BCUT2D eigenvalue weighted by molar-refractivity contribution is -0.0164. The summed E-state index contributed by atoms with van der Waals surface area (Å²) in [6, 6.07) is 10.7. The lowest BCUT2D eigenvalue weighted by Crippen LogP contribution is -2.60. The van der Waals surface area contributed by atoms with Gasteiger partial charge in [-0.05, 0) is 31.5 Å². The monoisotopic (exact) mass is 372 g/mol. The summed E-state index contributed by atoms with van der Waals surface area (Å²) in [5.41, 5.74) is 1.37. The first kappa shape index (κ1) is 20.2. The van der Waals surface area contributed by atoms with Crippen LogP contribution in [0.25, 0.3) is 0 Å². The number of amides is 2. The number of nitrogens with zero attached hydrogens (tertiary/aromatic N) is 3. The first-order chi connectivity index (χ1) is 13.0. The smallest absolute Gasteiger partial charge is 0.317 e. The Morgan fingerprint density at radius 1 is 1.07 bits per heavy atom. The maximum absolute atomic E-state index is 12.6. The predicted molar refractivity (Wildman–Crippen MR) is 111 cm³/mol. The number of piperazine rings is 1. The number of benzene rings is 1. The van der Waals surface area contributed by atoms with E-state index >= 15 is 0 Å². The molecule has 0 spiro atoms. The molecule has 5 nitrogen and oxygen atoms in total. The summed E-state index contributed by atoms with van der Waals surface area (Å²) in [6.07, 6.45) is 2.20. The van der Waals surface area contributed by atoms with Crippen LogP contribution >= 0.6 is 0 Å². The number of rotatable bonds is 7. The largest absolute Gasteiger partial charge is 0.338 e. The average Bonchev–Trinajstić information content (AvgIpc) is 2.67. The van der Waals surface area contributed by atoms with Crippen molar-refractivity contribution < 1.29 is 4.79 Å². The summed E-state index contributed by atoms with van der Waals surface area (Å²) < 4.78 is 0. The third-order valence-electron chi connectivity index (χ3n) is 6.10. The van der Waals surface area contributed by atoms with Crippen molar-refractivity contribution in [3.8, 4) is 0 Å². The van der Waals surface area contributed by atoms with E-state index in [0.717, 1.165) is 39.0 Å². The molecule has 1 N–H and O–H groups in total. The highest BCUT2D eigenvalue weighted by Crippen LogP contribution is 2.48. The third kappa shape index (κ3) is 5.02. The first-order valence-electron chi connectivity index (χ1n) is 10.6. The number of hydrogen-bond acceptors (Lipinski definition) is 3. The summed E-state index contributed by atoms with van der Waals surface area (Å²) in [5, 5.41) is 3.14. The van der Waals surface area contributed by atoms with Gasteiger partial charge in [-0.1, -0.05) is 51.1 Å². The number of urea groups is 1. The van der Waals surface area contributed by atoms with Crippen LogP contribution in [0.1, 0.15) is 45.2 Å². The summed E-state index contributed by atoms with van der Waals surface area (Å²) in [7, 11) is 0. The summed E-state index contributed by atoms with van der Waals surface area (Å²) >= 11 is 0. The minimum atomic E-state index is 0.0831. The highest BCUT2D eigenvalue weighted by molar-refractivity contribution is 5.76. The Hall–Kier alpha value is -1.59. The van der Waals surface area contributed by atoms with E-state index in [9.17, 15) is 4.79 Å². The van der Waals surface area contributed by atoms with Crippen LogP contribution in [0.15, 0.2) is 30.3 Å². The second-order valence-electron chi connectivity index (χ2n) is 8.64.